The molecule has 0 rings (SSSR count). The van der Waals surface area contributed by atoms with Crippen LogP contribution in [-0.4, -0.2) is 35.8 Å². The van der Waals surface area contributed by atoms with E-state index in [4.69, 9.17) is 16.3 Å². The van der Waals surface area contributed by atoms with Crippen LogP contribution in [0.2, 0.25) is 0 Å². The summed E-state index contributed by atoms with van der Waals surface area (Å²) in [6.07, 6.45) is -0.731. The van der Waals surface area contributed by atoms with Crippen molar-refractivity contribution >= 4 is 29.3 Å². The summed E-state index contributed by atoms with van der Waals surface area (Å²) in [6.45, 7) is 4.58. The molecule has 0 N–H and O–H groups in total. The van der Waals surface area contributed by atoms with Crippen molar-refractivity contribution in [1.82, 2.24) is 0 Å². The first-order chi connectivity index (χ1) is 7.43. The van der Waals surface area contributed by atoms with Gasteiger partial charge in [0.15, 0.2) is 11.5 Å². The highest BCUT2D eigenvalue weighted by atomic mass is 35.5. The van der Waals surface area contributed by atoms with Crippen LogP contribution in [0.5, 0.6) is 0 Å². The zero-order chi connectivity index (χ0) is 12.7. The molecule has 0 aromatic rings. The van der Waals surface area contributed by atoms with Crippen LogP contribution >= 0.6 is 11.6 Å². The van der Waals surface area contributed by atoms with Crippen LogP contribution in [-0.2, 0) is 23.9 Å². The topological polar surface area (TPSA) is 69.7 Å². The maximum atomic E-state index is 11.6. The van der Waals surface area contributed by atoms with Gasteiger partial charge in [-0.1, -0.05) is 6.92 Å². The molecule has 0 fully saturated rings. The Morgan fingerprint density at radius 3 is 2.19 bits per heavy atom. The Bertz CT molecular complexity index is 276. The molecule has 6 heteroatoms. The van der Waals surface area contributed by atoms with E-state index in [9.17, 15) is 14.4 Å². The summed E-state index contributed by atoms with van der Waals surface area (Å²) in [4.78, 5) is 33.5. The molecule has 0 aromatic carbocycles. The lowest BCUT2D eigenvalue weighted by Crippen LogP contribution is -2.37. The molecule has 16 heavy (non-hydrogen) atoms. The number of hydrogen-bond donors (Lipinski definition) is 0. The molecular formula is C10H15ClO5. The SMILES string of the molecule is CCOC(=O)C(Cl)C(=O)C(CC)OC(C)=O. The average Bonchev–Trinajstić information content (AvgIpc) is 2.23. The maximum Gasteiger partial charge on any atom is 0.331 e. The third-order valence-electron chi connectivity index (χ3n) is 1.74. The second kappa shape index (κ2) is 7.22. The molecule has 0 heterocycles. The maximum absolute atomic E-state index is 11.6. The van der Waals surface area contributed by atoms with Gasteiger partial charge in [0.25, 0.3) is 0 Å². The van der Waals surface area contributed by atoms with Crippen molar-refractivity contribution in [1.29, 1.82) is 0 Å². The Morgan fingerprint density at radius 1 is 1.25 bits per heavy atom. The normalized spacial score (nSPS) is 13.8. The first-order valence-corrected chi connectivity index (χ1v) is 5.39. The van der Waals surface area contributed by atoms with Gasteiger partial charge in [0.2, 0.25) is 5.78 Å². The van der Waals surface area contributed by atoms with Gasteiger partial charge in [-0.25, -0.2) is 4.79 Å². The molecule has 0 saturated heterocycles. The van der Waals surface area contributed by atoms with Crippen LogP contribution < -0.4 is 0 Å². The second-order valence-corrected chi connectivity index (χ2v) is 3.46. The van der Waals surface area contributed by atoms with Crippen LogP contribution in [0.1, 0.15) is 27.2 Å². The lowest BCUT2D eigenvalue weighted by atomic mass is 10.1. The van der Waals surface area contributed by atoms with Crippen LogP contribution in [0.4, 0.5) is 0 Å². The van der Waals surface area contributed by atoms with Crippen molar-refractivity contribution in [3.05, 3.63) is 0 Å². The highest BCUT2D eigenvalue weighted by Gasteiger charge is 2.32. The van der Waals surface area contributed by atoms with Gasteiger partial charge in [0.1, 0.15) is 0 Å². The molecular weight excluding hydrogens is 236 g/mol. The zero-order valence-electron chi connectivity index (χ0n) is 9.49. The van der Waals surface area contributed by atoms with Gasteiger partial charge in [-0.3, -0.25) is 9.59 Å². The minimum absolute atomic E-state index is 0.139. The van der Waals surface area contributed by atoms with Gasteiger partial charge < -0.3 is 9.47 Å². The van der Waals surface area contributed by atoms with E-state index >= 15 is 0 Å². The standard InChI is InChI=1S/C10H15ClO5/c1-4-7(16-6(3)12)9(13)8(11)10(14)15-5-2/h7-8H,4-5H2,1-3H3. The average molecular weight is 251 g/mol. The van der Waals surface area contributed by atoms with Gasteiger partial charge in [0.05, 0.1) is 6.61 Å². The number of hydrogen-bond acceptors (Lipinski definition) is 5. The van der Waals surface area contributed by atoms with E-state index in [1.54, 1.807) is 13.8 Å². The minimum atomic E-state index is -1.43. The van der Waals surface area contributed by atoms with E-state index in [-0.39, 0.29) is 13.0 Å². The largest absolute Gasteiger partial charge is 0.465 e. The van der Waals surface area contributed by atoms with E-state index in [1.165, 1.54) is 6.92 Å². The van der Waals surface area contributed by atoms with Crippen LogP contribution in [0, 0.1) is 0 Å². The predicted molar refractivity (Wildman–Crippen MR) is 57.1 cm³/mol. The fourth-order valence-electron chi connectivity index (χ4n) is 1.04. The van der Waals surface area contributed by atoms with Crippen LogP contribution in [0.15, 0.2) is 0 Å². The summed E-state index contributed by atoms with van der Waals surface area (Å²) in [5.41, 5.74) is 0. The predicted octanol–water partition coefficient (Wildman–Crippen LogP) is 1.07. The zero-order valence-corrected chi connectivity index (χ0v) is 10.2. The summed E-state index contributed by atoms with van der Waals surface area (Å²) < 4.78 is 9.32. The van der Waals surface area contributed by atoms with Gasteiger partial charge in [0, 0.05) is 6.92 Å². The number of carbonyl (C=O) groups is 3. The first kappa shape index (κ1) is 14.9. The van der Waals surface area contributed by atoms with Crippen molar-refractivity contribution in [3.8, 4) is 0 Å². The molecule has 92 valence electrons. The van der Waals surface area contributed by atoms with Gasteiger partial charge in [-0.15, -0.1) is 11.6 Å². The molecule has 5 nitrogen and oxygen atoms in total. The quantitative estimate of drug-likeness (QED) is 0.401. The molecule has 0 spiro atoms. The Morgan fingerprint density at radius 2 is 1.81 bits per heavy atom. The molecule has 2 atom stereocenters. The summed E-state index contributed by atoms with van der Waals surface area (Å²) in [6, 6.07) is 0. The van der Waals surface area contributed by atoms with Crippen LogP contribution in [0.3, 0.4) is 0 Å². The van der Waals surface area contributed by atoms with Gasteiger partial charge >= 0.3 is 11.9 Å². The van der Waals surface area contributed by atoms with E-state index < -0.39 is 29.2 Å². The number of alkyl halides is 1. The summed E-state index contributed by atoms with van der Waals surface area (Å²) in [5, 5.41) is -1.43. The Hall–Kier alpha value is -1.10. The fraction of sp³-hybridized carbons (Fsp3) is 0.700. The molecule has 0 amide bonds. The van der Waals surface area contributed by atoms with E-state index in [2.05, 4.69) is 4.74 Å². The smallest absolute Gasteiger partial charge is 0.331 e. The third kappa shape index (κ3) is 4.61. The van der Waals surface area contributed by atoms with Crippen molar-refractivity contribution in [3.63, 3.8) is 0 Å². The van der Waals surface area contributed by atoms with E-state index in [0.717, 1.165) is 0 Å². The molecule has 0 bridgehead atoms. The molecule has 0 aliphatic rings. The number of esters is 2. The molecule has 0 radical (unpaired) electrons. The number of ketones is 1. The fourth-order valence-corrected chi connectivity index (χ4v) is 1.24. The lowest BCUT2D eigenvalue weighted by molar-refractivity contribution is -0.156. The Kier molecular flexibility index (Phi) is 6.72. The number of carbonyl (C=O) groups excluding carboxylic acids is 3. The second-order valence-electron chi connectivity index (χ2n) is 3.02. The summed E-state index contributed by atoms with van der Waals surface area (Å²) >= 11 is 5.60. The van der Waals surface area contributed by atoms with E-state index in [0.29, 0.717) is 0 Å². The van der Waals surface area contributed by atoms with Crippen LogP contribution in [0.25, 0.3) is 0 Å². The Balaban J connectivity index is 4.49. The molecule has 0 aromatic heterocycles. The first-order valence-electron chi connectivity index (χ1n) is 4.95. The third-order valence-corrected chi connectivity index (χ3v) is 2.13. The molecule has 0 saturated carbocycles. The lowest BCUT2D eigenvalue weighted by Gasteiger charge is -2.16. The number of Topliss-reactive ketones (excluding diaryl/α,β-unsaturated/α-hetero) is 1. The summed E-state index contributed by atoms with van der Waals surface area (Å²) in [5.74, 6) is -2.06. The Labute approximate surface area is 99.0 Å². The van der Waals surface area contributed by atoms with Crippen molar-refractivity contribution in [2.45, 2.75) is 38.7 Å². The summed E-state index contributed by atoms with van der Waals surface area (Å²) in [7, 11) is 0. The number of halogens is 1. The van der Waals surface area contributed by atoms with Crippen molar-refractivity contribution in [2.24, 2.45) is 0 Å². The van der Waals surface area contributed by atoms with E-state index in [1.807, 2.05) is 0 Å². The van der Waals surface area contributed by atoms with Crippen molar-refractivity contribution in [2.75, 3.05) is 6.61 Å². The molecule has 2 unspecified atom stereocenters. The van der Waals surface area contributed by atoms with Gasteiger partial charge in [-0.05, 0) is 13.3 Å². The number of ether oxygens (including phenoxy) is 2. The van der Waals surface area contributed by atoms with Gasteiger partial charge in [-0.2, -0.15) is 0 Å². The molecule has 0 aliphatic carbocycles. The molecule has 0 aliphatic heterocycles. The van der Waals surface area contributed by atoms with Crippen molar-refractivity contribution < 1.29 is 23.9 Å². The minimum Gasteiger partial charge on any atom is -0.465 e. The highest BCUT2D eigenvalue weighted by molar-refractivity contribution is 6.41. The highest BCUT2D eigenvalue weighted by Crippen LogP contribution is 2.10. The monoisotopic (exact) mass is 250 g/mol. The number of rotatable bonds is 6.